The van der Waals surface area contributed by atoms with Crippen LogP contribution in [0.4, 0.5) is 5.82 Å². The smallest absolute Gasteiger partial charge is 0.167 e. The molecular formula is C12H18N4S. The summed E-state index contributed by atoms with van der Waals surface area (Å²) in [5.41, 5.74) is 2.33. The summed E-state index contributed by atoms with van der Waals surface area (Å²) in [6.45, 7) is 5.89. The zero-order valence-corrected chi connectivity index (χ0v) is 11.6. The number of nitrogens with zero attached hydrogens (tertiary/aromatic N) is 3. The highest BCUT2D eigenvalue weighted by atomic mass is 32.2. The highest BCUT2D eigenvalue weighted by Crippen LogP contribution is 2.19. The van der Waals surface area contributed by atoms with Gasteiger partial charge in [0.25, 0.3) is 0 Å². The van der Waals surface area contributed by atoms with Gasteiger partial charge in [-0.15, -0.1) is 5.10 Å². The highest BCUT2D eigenvalue weighted by molar-refractivity contribution is 7.98. The molecule has 0 aliphatic carbocycles. The first kappa shape index (κ1) is 13.8. The average molecular weight is 250 g/mol. The van der Waals surface area contributed by atoms with E-state index in [2.05, 4.69) is 34.8 Å². The fraction of sp³-hybridized carbons (Fsp3) is 0.583. The molecule has 0 amide bonds. The van der Waals surface area contributed by atoms with Crippen molar-refractivity contribution < 1.29 is 0 Å². The van der Waals surface area contributed by atoms with E-state index in [9.17, 15) is 5.26 Å². The third kappa shape index (κ3) is 3.34. The molecule has 1 N–H and O–H groups in total. The Kier molecular flexibility index (Phi) is 5.23. The van der Waals surface area contributed by atoms with Gasteiger partial charge in [-0.25, -0.2) is 0 Å². The van der Waals surface area contributed by atoms with E-state index in [1.807, 2.05) is 13.8 Å². The minimum Gasteiger partial charge on any atom is -0.364 e. The molecule has 0 radical (unpaired) electrons. The standard InChI is InChI=1S/C12H18N4S/c1-5-10(7-17-4)14-12-11(6-13)8(2)9(3)15-16-12/h10H,5,7H2,1-4H3,(H,14,16). The first-order chi connectivity index (χ1) is 8.13. The molecule has 1 unspecified atom stereocenters. The molecule has 17 heavy (non-hydrogen) atoms. The fourth-order valence-electron chi connectivity index (χ4n) is 1.50. The summed E-state index contributed by atoms with van der Waals surface area (Å²) < 4.78 is 0. The predicted molar refractivity (Wildman–Crippen MR) is 72.3 cm³/mol. The number of thioether (sulfide) groups is 1. The number of aromatic nitrogens is 2. The van der Waals surface area contributed by atoms with Gasteiger partial charge in [0.1, 0.15) is 11.6 Å². The summed E-state index contributed by atoms with van der Waals surface area (Å²) in [7, 11) is 0. The first-order valence-electron chi connectivity index (χ1n) is 5.63. The lowest BCUT2D eigenvalue weighted by atomic mass is 10.1. The summed E-state index contributed by atoms with van der Waals surface area (Å²) >= 11 is 1.78. The van der Waals surface area contributed by atoms with E-state index in [-0.39, 0.29) is 0 Å². The molecule has 0 saturated carbocycles. The molecule has 1 aromatic rings. The molecule has 92 valence electrons. The normalized spacial score (nSPS) is 11.9. The summed E-state index contributed by atoms with van der Waals surface area (Å²) in [5, 5.41) is 20.6. The fourth-order valence-corrected chi connectivity index (χ4v) is 2.22. The molecule has 4 nitrogen and oxygen atoms in total. The number of anilines is 1. The van der Waals surface area contributed by atoms with E-state index < -0.39 is 0 Å². The van der Waals surface area contributed by atoms with Crippen molar-refractivity contribution in [2.45, 2.75) is 33.2 Å². The van der Waals surface area contributed by atoms with Crippen LogP contribution in [-0.4, -0.2) is 28.2 Å². The third-order valence-electron chi connectivity index (χ3n) is 2.77. The molecule has 0 aromatic carbocycles. The molecule has 0 spiro atoms. The van der Waals surface area contributed by atoms with E-state index >= 15 is 0 Å². The first-order valence-corrected chi connectivity index (χ1v) is 7.02. The number of rotatable bonds is 5. The van der Waals surface area contributed by atoms with Gasteiger partial charge in [0.05, 0.1) is 5.69 Å². The van der Waals surface area contributed by atoms with Crippen LogP contribution in [0.1, 0.15) is 30.2 Å². The van der Waals surface area contributed by atoms with Gasteiger partial charge in [0.2, 0.25) is 0 Å². The maximum Gasteiger partial charge on any atom is 0.167 e. The number of nitriles is 1. The quantitative estimate of drug-likeness (QED) is 0.870. The Bertz CT molecular complexity index is 425. The molecule has 0 aliphatic rings. The van der Waals surface area contributed by atoms with Crippen molar-refractivity contribution in [3.63, 3.8) is 0 Å². The van der Waals surface area contributed by atoms with Gasteiger partial charge in [0.15, 0.2) is 5.82 Å². The van der Waals surface area contributed by atoms with Crippen LogP contribution in [0.15, 0.2) is 0 Å². The van der Waals surface area contributed by atoms with E-state index in [0.717, 1.165) is 23.4 Å². The van der Waals surface area contributed by atoms with E-state index in [1.54, 1.807) is 11.8 Å². The maximum atomic E-state index is 9.18. The van der Waals surface area contributed by atoms with E-state index in [1.165, 1.54) is 0 Å². The van der Waals surface area contributed by atoms with Crippen molar-refractivity contribution in [1.82, 2.24) is 10.2 Å². The van der Waals surface area contributed by atoms with Crippen molar-refractivity contribution in [2.24, 2.45) is 0 Å². The van der Waals surface area contributed by atoms with Gasteiger partial charge >= 0.3 is 0 Å². The zero-order chi connectivity index (χ0) is 12.8. The Balaban J connectivity index is 2.99. The number of hydrogen-bond acceptors (Lipinski definition) is 5. The van der Waals surface area contributed by atoms with Gasteiger partial charge in [-0.05, 0) is 32.1 Å². The Morgan fingerprint density at radius 1 is 1.41 bits per heavy atom. The molecule has 1 aromatic heterocycles. The van der Waals surface area contributed by atoms with Crippen molar-refractivity contribution >= 4 is 17.6 Å². The molecular weight excluding hydrogens is 232 g/mol. The van der Waals surface area contributed by atoms with Gasteiger partial charge in [-0.1, -0.05) is 6.92 Å². The summed E-state index contributed by atoms with van der Waals surface area (Å²) in [6, 6.07) is 2.53. The van der Waals surface area contributed by atoms with E-state index in [4.69, 9.17) is 0 Å². The summed E-state index contributed by atoms with van der Waals surface area (Å²) in [5.74, 6) is 1.60. The van der Waals surface area contributed by atoms with Crippen molar-refractivity contribution in [3.8, 4) is 6.07 Å². The number of nitrogens with one attached hydrogen (secondary N) is 1. The molecule has 0 fully saturated rings. The molecule has 1 atom stereocenters. The summed E-state index contributed by atoms with van der Waals surface area (Å²) in [4.78, 5) is 0. The van der Waals surface area contributed by atoms with Crippen molar-refractivity contribution in [1.29, 1.82) is 5.26 Å². The zero-order valence-electron chi connectivity index (χ0n) is 10.7. The van der Waals surface area contributed by atoms with Gasteiger partial charge in [-0.2, -0.15) is 22.1 Å². The topological polar surface area (TPSA) is 61.6 Å². The molecule has 0 saturated heterocycles. The average Bonchev–Trinajstić information content (AvgIpc) is 2.33. The van der Waals surface area contributed by atoms with Crippen LogP contribution in [0.2, 0.25) is 0 Å². The van der Waals surface area contributed by atoms with Crippen LogP contribution >= 0.6 is 11.8 Å². The maximum absolute atomic E-state index is 9.18. The van der Waals surface area contributed by atoms with Gasteiger partial charge < -0.3 is 5.32 Å². The van der Waals surface area contributed by atoms with Crippen LogP contribution in [-0.2, 0) is 0 Å². The van der Waals surface area contributed by atoms with Crippen LogP contribution in [0, 0.1) is 25.2 Å². The second kappa shape index (κ2) is 6.45. The third-order valence-corrected chi connectivity index (χ3v) is 3.50. The Labute approximate surface area is 107 Å². The lowest BCUT2D eigenvalue weighted by Crippen LogP contribution is -2.23. The van der Waals surface area contributed by atoms with Crippen molar-refractivity contribution in [3.05, 3.63) is 16.8 Å². The molecule has 1 heterocycles. The van der Waals surface area contributed by atoms with Gasteiger partial charge in [0, 0.05) is 11.8 Å². The minimum atomic E-state index is 0.327. The number of hydrogen-bond donors (Lipinski definition) is 1. The second-order valence-electron chi connectivity index (χ2n) is 3.95. The lowest BCUT2D eigenvalue weighted by Gasteiger charge is -2.17. The van der Waals surface area contributed by atoms with Crippen LogP contribution < -0.4 is 5.32 Å². The van der Waals surface area contributed by atoms with Crippen molar-refractivity contribution in [2.75, 3.05) is 17.3 Å². The largest absolute Gasteiger partial charge is 0.364 e. The summed E-state index contributed by atoms with van der Waals surface area (Å²) in [6.07, 6.45) is 3.07. The van der Waals surface area contributed by atoms with E-state index in [0.29, 0.717) is 17.4 Å². The molecule has 5 heteroatoms. The van der Waals surface area contributed by atoms with Crippen LogP contribution in [0.25, 0.3) is 0 Å². The monoisotopic (exact) mass is 250 g/mol. The lowest BCUT2D eigenvalue weighted by molar-refractivity contribution is 0.762. The Morgan fingerprint density at radius 2 is 2.12 bits per heavy atom. The predicted octanol–water partition coefficient (Wildman–Crippen LogP) is 2.52. The highest BCUT2D eigenvalue weighted by Gasteiger charge is 2.13. The second-order valence-corrected chi connectivity index (χ2v) is 4.86. The minimum absolute atomic E-state index is 0.327. The van der Waals surface area contributed by atoms with Crippen LogP contribution in [0.3, 0.4) is 0 Å². The SMILES string of the molecule is CCC(CSC)Nc1nnc(C)c(C)c1C#N. The Hall–Kier alpha value is -1.28. The van der Waals surface area contributed by atoms with Crippen LogP contribution in [0.5, 0.6) is 0 Å². The Morgan fingerprint density at radius 3 is 2.65 bits per heavy atom. The molecule has 0 bridgehead atoms. The number of aryl methyl sites for hydroxylation is 1. The van der Waals surface area contributed by atoms with Gasteiger partial charge in [-0.3, -0.25) is 0 Å². The molecule has 0 aliphatic heterocycles. The molecule has 1 rings (SSSR count).